The fraction of sp³-hybridized carbons (Fsp3) is 0.583. The van der Waals surface area contributed by atoms with Crippen molar-refractivity contribution in [2.45, 2.75) is 25.9 Å². The van der Waals surface area contributed by atoms with Gasteiger partial charge in [-0.25, -0.2) is 4.79 Å². The van der Waals surface area contributed by atoms with E-state index >= 15 is 0 Å². The number of nitrogens with zero attached hydrogens (tertiary/aromatic N) is 2. The molecule has 1 atom stereocenters. The number of esters is 1. The number of amides is 1. The van der Waals surface area contributed by atoms with Gasteiger partial charge in [-0.05, 0) is 19.8 Å². The van der Waals surface area contributed by atoms with Crippen LogP contribution in [0.3, 0.4) is 0 Å². The van der Waals surface area contributed by atoms with Crippen molar-refractivity contribution in [2.24, 2.45) is 7.05 Å². The first-order valence-electron chi connectivity index (χ1n) is 6.09. The van der Waals surface area contributed by atoms with Crippen LogP contribution in [0, 0.1) is 6.92 Å². The maximum atomic E-state index is 12.0. The summed E-state index contributed by atoms with van der Waals surface area (Å²) in [6.45, 7) is 2.36. The zero-order valence-corrected chi connectivity index (χ0v) is 11.2. The van der Waals surface area contributed by atoms with E-state index in [1.807, 2.05) is 0 Å². The first-order valence-corrected chi connectivity index (χ1v) is 6.09. The molecule has 1 aliphatic heterocycles. The second-order valence-corrected chi connectivity index (χ2v) is 4.42. The summed E-state index contributed by atoms with van der Waals surface area (Å²) in [5.41, 5.74) is 1.18. The van der Waals surface area contributed by atoms with Crippen LogP contribution >= 0.6 is 0 Å². The van der Waals surface area contributed by atoms with Crippen molar-refractivity contribution < 1.29 is 19.1 Å². The summed E-state index contributed by atoms with van der Waals surface area (Å²) in [6.07, 6.45) is 1.11. The molecule has 0 aliphatic carbocycles. The Morgan fingerprint density at radius 3 is 2.84 bits per heavy atom. The maximum absolute atomic E-state index is 12.0. The number of rotatable bonds is 3. The van der Waals surface area contributed by atoms with Gasteiger partial charge in [0.25, 0.3) is 5.91 Å². The van der Waals surface area contributed by atoms with Crippen LogP contribution in [-0.4, -0.2) is 41.5 Å². The van der Waals surface area contributed by atoms with Crippen LogP contribution in [0.2, 0.25) is 0 Å². The largest absolute Gasteiger partial charge is 0.464 e. The molecule has 104 valence electrons. The highest BCUT2D eigenvalue weighted by molar-refractivity contribution is 6.02. The van der Waals surface area contributed by atoms with Crippen LogP contribution in [0.15, 0.2) is 0 Å². The summed E-state index contributed by atoms with van der Waals surface area (Å²) < 4.78 is 11.5. The van der Waals surface area contributed by atoms with E-state index in [-0.39, 0.29) is 11.6 Å². The van der Waals surface area contributed by atoms with Gasteiger partial charge in [-0.15, -0.1) is 0 Å². The van der Waals surface area contributed by atoms with Gasteiger partial charge in [0.2, 0.25) is 0 Å². The highest BCUT2D eigenvalue weighted by Gasteiger charge is 2.27. The second kappa shape index (κ2) is 5.40. The van der Waals surface area contributed by atoms with Crippen LogP contribution in [0.25, 0.3) is 0 Å². The predicted octanol–water partition coefficient (Wildman–Crippen LogP) is 0.633. The topological polar surface area (TPSA) is 82.5 Å². The second-order valence-electron chi connectivity index (χ2n) is 4.42. The number of hydrogen-bond donors (Lipinski definition) is 1. The lowest BCUT2D eigenvalue weighted by atomic mass is 10.2. The minimum Gasteiger partial charge on any atom is -0.464 e. The number of hydrogen-bond acceptors (Lipinski definition) is 5. The fourth-order valence-corrected chi connectivity index (χ4v) is 1.99. The monoisotopic (exact) mass is 267 g/mol. The van der Waals surface area contributed by atoms with Gasteiger partial charge in [-0.2, -0.15) is 5.10 Å². The van der Waals surface area contributed by atoms with Crippen molar-refractivity contribution in [2.75, 3.05) is 19.0 Å². The van der Waals surface area contributed by atoms with Crippen molar-refractivity contribution in [3.63, 3.8) is 0 Å². The normalized spacial score (nSPS) is 18.4. The van der Waals surface area contributed by atoms with E-state index in [0.717, 1.165) is 6.42 Å². The zero-order chi connectivity index (χ0) is 14.0. The summed E-state index contributed by atoms with van der Waals surface area (Å²) in [5, 5.41) is 6.76. The molecular formula is C12H17N3O4. The van der Waals surface area contributed by atoms with Crippen molar-refractivity contribution in [3.8, 4) is 0 Å². The Morgan fingerprint density at radius 1 is 1.53 bits per heavy atom. The van der Waals surface area contributed by atoms with Gasteiger partial charge in [-0.1, -0.05) is 0 Å². The van der Waals surface area contributed by atoms with E-state index in [4.69, 9.17) is 4.74 Å². The molecule has 2 heterocycles. The van der Waals surface area contributed by atoms with Crippen molar-refractivity contribution in [1.82, 2.24) is 9.78 Å². The molecule has 1 saturated heterocycles. The molecule has 7 heteroatoms. The van der Waals surface area contributed by atoms with E-state index in [1.54, 1.807) is 14.0 Å². The first kappa shape index (κ1) is 13.5. The molecule has 0 saturated carbocycles. The summed E-state index contributed by atoms with van der Waals surface area (Å²) in [5.74, 6) is -0.829. The summed E-state index contributed by atoms with van der Waals surface area (Å²) in [4.78, 5) is 23.6. The summed E-state index contributed by atoms with van der Waals surface area (Å²) in [6, 6.07) is 0. The molecule has 1 N–H and O–H groups in total. The third kappa shape index (κ3) is 2.60. The summed E-state index contributed by atoms with van der Waals surface area (Å²) >= 11 is 0. The minimum absolute atomic E-state index is 0.105. The highest BCUT2D eigenvalue weighted by Crippen LogP contribution is 2.22. The number of nitrogens with one attached hydrogen (secondary N) is 1. The Kier molecular flexibility index (Phi) is 3.84. The average molecular weight is 267 g/mol. The van der Waals surface area contributed by atoms with Crippen molar-refractivity contribution >= 4 is 17.6 Å². The van der Waals surface area contributed by atoms with Gasteiger partial charge >= 0.3 is 5.97 Å². The van der Waals surface area contributed by atoms with Crippen LogP contribution in [0.1, 0.15) is 29.0 Å². The van der Waals surface area contributed by atoms with Gasteiger partial charge in [-0.3, -0.25) is 9.48 Å². The smallest absolute Gasteiger partial charge is 0.360 e. The molecule has 0 radical (unpaired) electrons. The molecule has 7 nitrogen and oxygen atoms in total. The number of aromatic nitrogens is 2. The van der Waals surface area contributed by atoms with Gasteiger partial charge in [0.1, 0.15) is 6.10 Å². The standard InChI is InChI=1S/C12H17N3O4/c1-7-9(10(12(17)18-3)14-15(7)2)13-11(16)8-5-4-6-19-8/h8H,4-6H2,1-3H3,(H,13,16). The van der Waals surface area contributed by atoms with Crippen LogP contribution < -0.4 is 5.32 Å². The predicted molar refractivity (Wildman–Crippen MR) is 66.9 cm³/mol. The Bertz CT molecular complexity index is 503. The molecule has 1 aromatic heterocycles. The van der Waals surface area contributed by atoms with Crippen LogP contribution in [-0.2, 0) is 21.3 Å². The van der Waals surface area contributed by atoms with Crippen LogP contribution in [0.4, 0.5) is 5.69 Å². The lowest BCUT2D eigenvalue weighted by molar-refractivity contribution is -0.124. The quantitative estimate of drug-likeness (QED) is 0.812. The number of carbonyl (C=O) groups is 2. The number of aryl methyl sites for hydroxylation is 1. The molecule has 2 rings (SSSR count). The van der Waals surface area contributed by atoms with E-state index in [0.29, 0.717) is 24.4 Å². The Morgan fingerprint density at radius 2 is 2.26 bits per heavy atom. The van der Waals surface area contributed by atoms with E-state index in [9.17, 15) is 9.59 Å². The average Bonchev–Trinajstić information content (AvgIpc) is 3.01. The number of methoxy groups -OCH3 is 1. The third-order valence-corrected chi connectivity index (χ3v) is 3.18. The summed E-state index contributed by atoms with van der Waals surface area (Å²) in [7, 11) is 2.97. The third-order valence-electron chi connectivity index (χ3n) is 3.18. The molecule has 1 fully saturated rings. The van der Waals surface area contributed by atoms with Crippen molar-refractivity contribution in [3.05, 3.63) is 11.4 Å². The molecule has 1 aliphatic rings. The Balaban J connectivity index is 2.23. The maximum Gasteiger partial charge on any atom is 0.360 e. The van der Waals surface area contributed by atoms with Gasteiger partial charge in [0.15, 0.2) is 5.69 Å². The number of anilines is 1. The van der Waals surface area contributed by atoms with Gasteiger partial charge < -0.3 is 14.8 Å². The Labute approximate surface area is 110 Å². The molecule has 0 spiro atoms. The molecule has 0 bridgehead atoms. The molecule has 0 aromatic carbocycles. The van der Waals surface area contributed by atoms with E-state index in [1.165, 1.54) is 11.8 Å². The lowest BCUT2D eigenvalue weighted by Crippen LogP contribution is -2.27. The van der Waals surface area contributed by atoms with Crippen molar-refractivity contribution in [1.29, 1.82) is 0 Å². The number of carbonyl (C=O) groups excluding carboxylic acids is 2. The van der Waals surface area contributed by atoms with E-state index < -0.39 is 12.1 Å². The first-order chi connectivity index (χ1) is 9.04. The zero-order valence-electron chi connectivity index (χ0n) is 11.2. The molecule has 1 aromatic rings. The van der Waals surface area contributed by atoms with Gasteiger partial charge in [0, 0.05) is 13.7 Å². The highest BCUT2D eigenvalue weighted by atomic mass is 16.5. The lowest BCUT2D eigenvalue weighted by Gasteiger charge is -2.10. The number of ether oxygens (including phenoxy) is 2. The van der Waals surface area contributed by atoms with E-state index in [2.05, 4.69) is 15.2 Å². The molecule has 1 unspecified atom stereocenters. The Hall–Kier alpha value is -1.89. The molecule has 19 heavy (non-hydrogen) atoms. The fourth-order valence-electron chi connectivity index (χ4n) is 1.99. The minimum atomic E-state index is -0.577. The van der Waals surface area contributed by atoms with Gasteiger partial charge in [0.05, 0.1) is 18.5 Å². The SMILES string of the molecule is COC(=O)c1nn(C)c(C)c1NC(=O)C1CCCO1. The molecule has 1 amide bonds. The molecular weight excluding hydrogens is 250 g/mol. The van der Waals surface area contributed by atoms with Crippen LogP contribution in [0.5, 0.6) is 0 Å².